The van der Waals surface area contributed by atoms with Gasteiger partial charge in [-0.05, 0) is 56.1 Å². The van der Waals surface area contributed by atoms with Gasteiger partial charge in [0, 0.05) is 32.1 Å². The van der Waals surface area contributed by atoms with Crippen molar-refractivity contribution >= 4 is 5.95 Å². The fourth-order valence-electron chi connectivity index (χ4n) is 4.26. The maximum Gasteiger partial charge on any atom is 0.224 e. The summed E-state index contributed by atoms with van der Waals surface area (Å²) in [5.74, 6) is 3.47. The second kappa shape index (κ2) is 11.7. The van der Waals surface area contributed by atoms with E-state index in [0.717, 1.165) is 48.3 Å². The normalized spacial score (nSPS) is 14.2. The van der Waals surface area contributed by atoms with Gasteiger partial charge in [0.2, 0.25) is 5.95 Å². The molecule has 1 aromatic heterocycles. The van der Waals surface area contributed by atoms with E-state index >= 15 is 0 Å². The summed E-state index contributed by atoms with van der Waals surface area (Å²) in [6, 6.07) is 16.5. The molecule has 0 unspecified atom stereocenters. The molecule has 0 spiro atoms. The molecule has 3 aromatic rings. The average molecular weight is 450 g/mol. The number of hydrogen-bond acceptors (Lipinski definition) is 6. The van der Waals surface area contributed by atoms with Gasteiger partial charge in [0.15, 0.2) is 0 Å². The molecular formula is C26H35N5O2. The Balaban J connectivity index is 1.21. The number of likely N-dealkylation sites (tertiary alicyclic amines) is 1. The Bertz CT molecular complexity index is 1010. The first-order chi connectivity index (χ1) is 16.2. The molecule has 0 amide bonds. The molecule has 7 nitrogen and oxygen atoms in total. The molecule has 1 aliphatic heterocycles. The zero-order chi connectivity index (χ0) is 22.9. The lowest BCUT2D eigenvalue weighted by molar-refractivity contribution is 0.220. The number of nitrogens with zero attached hydrogens (tertiary/aromatic N) is 4. The van der Waals surface area contributed by atoms with Gasteiger partial charge in [-0.1, -0.05) is 36.8 Å². The Morgan fingerprint density at radius 1 is 1.00 bits per heavy atom. The Labute approximate surface area is 196 Å². The van der Waals surface area contributed by atoms with Crippen molar-refractivity contribution < 1.29 is 9.47 Å². The third-order valence-corrected chi connectivity index (χ3v) is 6.13. The van der Waals surface area contributed by atoms with Crippen LogP contribution in [0.25, 0.3) is 0 Å². The summed E-state index contributed by atoms with van der Waals surface area (Å²) < 4.78 is 13.4. The van der Waals surface area contributed by atoms with Gasteiger partial charge in [-0.15, -0.1) is 10.2 Å². The highest BCUT2D eigenvalue weighted by Gasteiger charge is 2.12. The monoisotopic (exact) mass is 449 g/mol. The minimum absolute atomic E-state index is 0.659. The van der Waals surface area contributed by atoms with Gasteiger partial charge in [0.1, 0.15) is 17.3 Å². The van der Waals surface area contributed by atoms with Gasteiger partial charge in [0.05, 0.1) is 13.7 Å². The topological polar surface area (TPSA) is 64.4 Å². The largest absolute Gasteiger partial charge is 0.496 e. The minimum Gasteiger partial charge on any atom is -0.496 e. The Morgan fingerprint density at radius 3 is 2.70 bits per heavy atom. The Morgan fingerprint density at radius 2 is 1.85 bits per heavy atom. The number of para-hydroxylation sites is 1. The first kappa shape index (κ1) is 23.1. The number of nitrogens with one attached hydrogen (secondary N) is 1. The number of rotatable bonds is 11. The van der Waals surface area contributed by atoms with Crippen molar-refractivity contribution in [2.24, 2.45) is 7.05 Å². The quantitative estimate of drug-likeness (QED) is 0.441. The van der Waals surface area contributed by atoms with Crippen LogP contribution >= 0.6 is 0 Å². The van der Waals surface area contributed by atoms with Crippen molar-refractivity contribution in [2.45, 2.75) is 38.6 Å². The maximum absolute atomic E-state index is 6.00. The lowest BCUT2D eigenvalue weighted by Crippen LogP contribution is -2.29. The third kappa shape index (κ3) is 6.48. The van der Waals surface area contributed by atoms with Crippen LogP contribution in [0.5, 0.6) is 11.5 Å². The molecule has 2 heterocycles. The molecule has 1 aliphatic rings. The number of hydrogen-bond donors (Lipinski definition) is 1. The first-order valence-electron chi connectivity index (χ1n) is 11.9. The van der Waals surface area contributed by atoms with Crippen molar-refractivity contribution in [3.05, 3.63) is 65.5 Å². The molecule has 0 bridgehead atoms. The van der Waals surface area contributed by atoms with Crippen LogP contribution in [0.15, 0.2) is 48.5 Å². The summed E-state index contributed by atoms with van der Waals surface area (Å²) in [5, 5.41) is 12.0. The second-order valence-electron chi connectivity index (χ2n) is 8.60. The highest BCUT2D eigenvalue weighted by Crippen LogP contribution is 2.21. The minimum atomic E-state index is 0.659. The molecule has 176 valence electrons. The maximum atomic E-state index is 6.00. The second-order valence-corrected chi connectivity index (χ2v) is 8.60. The Kier molecular flexibility index (Phi) is 8.19. The van der Waals surface area contributed by atoms with Gasteiger partial charge >= 0.3 is 0 Å². The summed E-state index contributed by atoms with van der Waals surface area (Å²) in [6.07, 6.45) is 5.55. The van der Waals surface area contributed by atoms with Crippen molar-refractivity contribution in [2.75, 3.05) is 38.7 Å². The molecule has 0 atom stereocenters. The average Bonchev–Trinajstić information content (AvgIpc) is 3.19. The van der Waals surface area contributed by atoms with Gasteiger partial charge in [-0.25, -0.2) is 0 Å². The summed E-state index contributed by atoms with van der Waals surface area (Å²) in [5.41, 5.74) is 2.42. The van der Waals surface area contributed by atoms with Crippen LogP contribution in [0, 0.1) is 0 Å². The van der Waals surface area contributed by atoms with Crippen LogP contribution in [0.2, 0.25) is 0 Å². The molecule has 1 N–H and O–H groups in total. The lowest BCUT2D eigenvalue weighted by atomic mass is 10.1. The molecule has 0 aliphatic carbocycles. The lowest BCUT2D eigenvalue weighted by Gasteiger charge is -2.26. The SMILES string of the molecule is COc1ccccc1Cc1nnc(NCCCOc2cccc(CN3CCCCC3)c2)n1C. The fraction of sp³-hybridized carbons (Fsp3) is 0.462. The zero-order valence-electron chi connectivity index (χ0n) is 19.8. The number of methoxy groups -OCH3 is 1. The first-order valence-corrected chi connectivity index (χ1v) is 11.9. The van der Waals surface area contributed by atoms with Gasteiger partial charge < -0.3 is 19.4 Å². The van der Waals surface area contributed by atoms with E-state index in [2.05, 4.69) is 44.7 Å². The molecule has 2 aromatic carbocycles. The summed E-state index contributed by atoms with van der Waals surface area (Å²) in [4.78, 5) is 2.54. The van der Waals surface area contributed by atoms with Crippen LogP contribution in [0.3, 0.4) is 0 Å². The van der Waals surface area contributed by atoms with Crippen molar-refractivity contribution in [1.29, 1.82) is 0 Å². The van der Waals surface area contributed by atoms with Gasteiger partial charge in [0.25, 0.3) is 0 Å². The van der Waals surface area contributed by atoms with E-state index in [4.69, 9.17) is 9.47 Å². The zero-order valence-corrected chi connectivity index (χ0v) is 19.8. The fourth-order valence-corrected chi connectivity index (χ4v) is 4.26. The number of benzene rings is 2. The number of piperidine rings is 1. The van der Waals surface area contributed by atoms with Gasteiger partial charge in [-0.2, -0.15) is 0 Å². The van der Waals surface area contributed by atoms with E-state index in [0.29, 0.717) is 13.0 Å². The van der Waals surface area contributed by atoms with Gasteiger partial charge in [-0.3, -0.25) is 4.90 Å². The number of ether oxygens (including phenoxy) is 2. The summed E-state index contributed by atoms with van der Waals surface area (Å²) >= 11 is 0. The molecule has 1 fully saturated rings. The molecule has 0 radical (unpaired) electrons. The van der Waals surface area contributed by atoms with Crippen molar-refractivity contribution in [3.63, 3.8) is 0 Å². The Hall–Kier alpha value is -3.06. The van der Waals surface area contributed by atoms with E-state index in [1.807, 2.05) is 35.9 Å². The molecular weight excluding hydrogens is 414 g/mol. The highest BCUT2D eigenvalue weighted by molar-refractivity contribution is 5.36. The molecule has 33 heavy (non-hydrogen) atoms. The van der Waals surface area contributed by atoms with Crippen molar-refractivity contribution in [1.82, 2.24) is 19.7 Å². The highest BCUT2D eigenvalue weighted by atomic mass is 16.5. The molecule has 0 saturated carbocycles. The molecule has 7 heteroatoms. The van der Waals surface area contributed by atoms with E-state index in [1.54, 1.807) is 7.11 Å². The van der Waals surface area contributed by atoms with Crippen LogP contribution in [-0.4, -0.2) is 53.0 Å². The van der Waals surface area contributed by atoms with E-state index < -0.39 is 0 Å². The van der Waals surface area contributed by atoms with E-state index in [9.17, 15) is 0 Å². The van der Waals surface area contributed by atoms with Crippen LogP contribution in [0.1, 0.15) is 42.6 Å². The molecule has 4 rings (SSSR count). The molecule has 1 saturated heterocycles. The number of aromatic nitrogens is 3. The predicted octanol–water partition coefficient (Wildman–Crippen LogP) is 4.28. The predicted molar refractivity (Wildman–Crippen MR) is 131 cm³/mol. The van der Waals surface area contributed by atoms with Crippen LogP contribution in [-0.2, 0) is 20.0 Å². The smallest absolute Gasteiger partial charge is 0.224 e. The van der Waals surface area contributed by atoms with Crippen LogP contribution < -0.4 is 14.8 Å². The summed E-state index contributed by atoms with van der Waals surface area (Å²) in [6.45, 7) is 4.86. The van der Waals surface area contributed by atoms with E-state index in [1.165, 1.54) is 37.9 Å². The summed E-state index contributed by atoms with van der Waals surface area (Å²) in [7, 11) is 3.67. The number of anilines is 1. The van der Waals surface area contributed by atoms with Crippen LogP contribution in [0.4, 0.5) is 5.95 Å². The third-order valence-electron chi connectivity index (χ3n) is 6.13. The standard InChI is InChI=1S/C26H35N5O2/c1-30-25(19-22-11-4-5-13-24(22)32-2)28-29-26(30)27-14-9-17-33-23-12-8-10-21(18-23)20-31-15-6-3-7-16-31/h4-5,8,10-13,18H,3,6-7,9,14-17,19-20H2,1-2H3,(H,27,29). The van der Waals surface area contributed by atoms with E-state index in [-0.39, 0.29) is 0 Å². The van der Waals surface area contributed by atoms with Crippen molar-refractivity contribution in [3.8, 4) is 11.5 Å².